The molecule has 2 bridgehead atoms. The van der Waals surface area contributed by atoms with Crippen LogP contribution in [0.4, 0.5) is 0 Å². The van der Waals surface area contributed by atoms with Crippen molar-refractivity contribution < 1.29 is 34.8 Å². The Kier molecular flexibility index (Phi) is 10.3. The van der Waals surface area contributed by atoms with E-state index in [1.807, 2.05) is 47.6 Å². The molecule has 45 heavy (non-hydrogen) atoms. The second kappa shape index (κ2) is 13.0. The third-order valence-electron chi connectivity index (χ3n) is 10.3. The molecule has 244 valence electrons. The van der Waals surface area contributed by atoms with E-state index in [4.69, 9.17) is 0 Å². The number of hydrogen-bond acceptors (Lipinski definition) is 7. The zero-order chi connectivity index (χ0) is 34.2. The van der Waals surface area contributed by atoms with E-state index in [1.165, 1.54) is 6.07 Å². The Morgan fingerprint density at radius 2 is 1.53 bits per heavy atom. The van der Waals surface area contributed by atoms with Gasteiger partial charge in [-0.1, -0.05) is 61.4 Å². The largest absolute Gasteiger partial charge is 0.506 e. The maximum absolute atomic E-state index is 15.2. The van der Waals surface area contributed by atoms with Crippen LogP contribution in [0.1, 0.15) is 93.1 Å². The summed E-state index contributed by atoms with van der Waals surface area (Å²) < 4.78 is 0. The van der Waals surface area contributed by atoms with E-state index in [2.05, 4.69) is 19.2 Å². The Labute approximate surface area is 267 Å². The lowest BCUT2D eigenvalue weighted by molar-refractivity contribution is -0.177. The Hall–Kier alpha value is -3.71. The standard InChI is InChI=1S/C38H50O7/c1-21(2)11-13-27-20-37(19-26(23(5)6)18-29(40)24(7)8)33(43)31(32(42)25-12-14-28(39)30(41)17-25)34(44)38(35(37)45,36(27,9)10)16-15-22(3)4/h11-12,14-15,17,26-27,29,39-42H,5,7,13,16,18-20H2,1-4,6,8-10H3/t26?,27-,29+,37-,38+/m1/s1. The van der Waals surface area contributed by atoms with Gasteiger partial charge in [-0.25, -0.2) is 0 Å². The van der Waals surface area contributed by atoms with Crippen molar-refractivity contribution in [2.75, 3.05) is 0 Å². The van der Waals surface area contributed by atoms with Crippen LogP contribution in [0.2, 0.25) is 0 Å². The van der Waals surface area contributed by atoms with Gasteiger partial charge in [-0.2, -0.15) is 0 Å². The number of phenols is 2. The summed E-state index contributed by atoms with van der Waals surface area (Å²) in [6.45, 7) is 23.1. The number of aromatic hydroxyl groups is 2. The van der Waals surface area contributed by atoms with Gasteiger partial charge in [0.05, 0.1) is 11.5 Å². The average Bonchev–Trinajstić information content (AvgIpc) is 2.93. The third-order valence-corrected chi connectivity index (χ3v) is 10.3. The van der Waals surface area contributed by atoms with Crippen LogP contribution in [0.5, 0.6) is 11.5 Å². The predicted molar refractivity (Wildman–Crippen MR) is 178 cm³/mol. The van der Waals surface area contributed by atoms with Crippen LogP contribution in [0, 0.1) is 28.1 Å². The van der Waals surface area contributed by atoms with E-state index in [0.29, 0.717) is 17.6 Å². The van der Waals surface area contributed by atoms with Crippen molar-refractivity contribution in [3.63, 3.8) is 0 Å². The maximum Gasteiger partial charge on any atom is 0.184 e. The van der Waals surface area contributed by atoms with Gasteiger partial charge < -0.3 is 20.4 Å². The summed E-state index contributed by atoms with van der Waals surface area (Å²) >= 11 is 0. The Balaban J connectivity index is 2.46. The zero-order valence-electron chi connectivity index (χ0n) is 28.1. The van der Waals surface area contributed by atoms with Crippen LogP contribution in [0.3, 0.4) is 0 Å². The normalized spacial score (nSPS) is 26.5. The van der Waals surface area contributed by atoms with E-state index in [1.54, 1.807) is 13.8 Å². The minimum Gasteiger partial charge on any atom is -0.506 e. The highest BCUT2D eigenvalue weighted by Gasteiger charge is 2.74. The molecule has 7 nitrogen and oxygen atoms in total. The van der Waals surface area contributed by atoms with Crippen LogP contribution >= 0.6 is 0 Å². The van der Waals surface area contributed by atoms with Crippen LogP contribution in [-0.4, -0.2) is 43.9 Å². The number of aliphatic hydroxyl groups is 2. The molecule has 3 rings (SSSR count). The summed E-state index contributed by atoms with van der Waals surface area (Å²) in [5, 5.41) is 42.6. The SMILES string of the molecule is C=C(C)C(C[C@H](O)C(=C)C)C[C@@]12C[C@@H](CC=C(C)C)C(C)(C)[C@@](CC=C(C)C)(C(=O)C(=C(O)c3ccc(O)c(O)c3)C1=O)C2=O. The number of carbonyl (C=O) groups excluding carboxylic acids is 3. The summed E-state index contributed by atoms with van der Waals surface area (Å²) in [7, 11) is 0. The topological polar surface area (TPSA) is 132 Å². The van der Waals surface area contributed by atoms with Gasteiger partial charge in [0.15, 0.2) is 28.8 Å². The molecule has 0 aromatic heterocycles. The Morgan fingerprint density at radius 3 is 2.04 bits per heavy atom. The predicted octanol–water partition coefficient (Wildman–Crippen LogP) is 7.73. The fraction of sp³-hybridized carbons (Fsp3) is 0.500. The molecule has 0 spiro atoms. The van der Waals surface area contributed by atoms with Gasteiger partial charge in [0.25, 0.3) is 0 Å². The molecule has 1 aromatic carbocycles. The van der Waals surface area contributed by atoms with Gasteiger partial charge in [-0.15, -0.1) is 0 Å². The third kappa shape index (κ3) is 6.24. The summed E-state index contributed by atoms with van der Waals surface area (Å²) in [5.74, 6) is -4.27. The van der Waals surface area contributed by atoms with Crippen molar-refractivity contribution in [2.24, 2.45) is 28.1 Å². The quantitative estimate of drug-likeness (QED) is 0.0498. The van der Waals surface area contributed by atoms with Crippen molar-refractivity contribution in [1.29, 1.82) is 0 Å². The van der Waals surface area contributed by atoms with E-state index in [-0.39, 0.29) is 37.2 Å². The summed E-state index contributed by atoms with van der Waals surface area (Å²) in [6.07, 6.45) is 3.98. The van der Waals surface area contributed by atoms with Gasteiger partial charge in [0.2, 0.25) is 0 Å². The second-order valence-corrected chi connectivity index (χ2v) is 14.4. The van der Waals surface area contributed by atoms with Gasteiger partial charge >= 0.3 is 0 Å². The molecule has 2 aliphatic carbocycles. The van der Waals surface area contributed by atoms with Gasteiger partial charge in [-0.3, -0.25) is 14.4 Å². The van der Waals surface area contributed by atoms with Gasteiger partial charge in [-0.05, 0) is 109 Å². The van der Waals surface area contributed by atoms with Gasteiger partial charge in [0, 0.05) is 5.56 Å². The van der Waals surface area contributed by atoms with Crippen LogP contribution < -0.4 is 0 Å². The first-order valence-corrected chi connectivity index (χ1v) is 15.6. The molecular weight excluding hydrogens is 568 g/mol. The fourth-order valence-electron chi connectivity index (χ4n) is 7.18. The number of fused-ring (bicyclic) bond motifs is 2. The molecule has 2 fully saturated rings. The van der Waals surface area contributed by atoms with E-state index in [0.717, 1.165) is 23.3 Å². The number of hydrogen-bond donors (Lipinski definition) is 4. The monoisotopic (exact) mass is 618 g/mol. The first-order chi connectivity index (χ1) is 20.7. The summed E-state index contributed by atoms with van der Waals surface area (Å²) in [6, 6.07) is 3.56. The highest BCUT2D eigenvalue weighted by atomic mass is 16.3. The second-order valence-electron chi connectivity index (χ2n) is 14.4. The Morgan fingerprint density at radius 1 is 0.933 bits per heavy atom. The van der Waals surface area contributed by atoms with Crippen molar-refractivity contribution in [3.05, 3.63) is 76.9 Å². The number of rotatable bonds is 11. The molecule has 0 heterocycles. The minimum atomic E-state index is -1.69. The molecule has 5 atom stereocenters. The van der Waals surface area contributed by atoms with Crippen molar-refractivity contribution in [2.45, 2.75) is 93.6 Å². The summed E-state index contributed by atoms with van der Waals surface area (Å²) in [4.78, 5) is 45.0. The summed E-state index contributed by atoms with van der Waals surface area (Å²) in [5.41, 5.74) is -1.62. The average molecular weight is 619 g/mol. The lowest BCUT2D eigenvalue weighted by atomic mass is 9.38. The molecular formula is C38H50O7. The smallest absolute Gasteiger partial charge is 0.184 e. The number of aliphatic hydroxyl groups excluding tert-OH is 2. The molecule has 2 saturated carbocycles. The van der Waals surface area contributed by atoms with Crippen LogP contribution in [0.15, 0.2) is 71.4 Å². The fourth-order valence-corrected chi connectivity index (χ4v) is 7.18. The molecule has 0 aliphatic heterocycles. The highest BCUT2D eigenvalue weighted by Crippen LogP contribution is 2.66. The minimum absolute atomic E-state index is 0.00714. The molecule has 0 saturated heterocycles. The lowest BCUT2D eigenvalue weighted by Crippen LogP contribution is -2.69. The zero-order valence-corrected chi connectivity index (χ0v) is 28.1. The lowest BCUT2D eigenvalue weighted by Gasteiger charge is -2.61. The van der Waals surface area contributed by atoms with E-state index in [9.17, 15) is 30.0 Å². The number of allylic oxidation sites excluding steroid dienone is 6. The number of benzene rings is 1. The molecule has 7 heteroatoms. The van der Waals surface area contributed by atoms with Crippen molar-refractivity contribution in [3.8, 4) is 11.5 Å². The van der Waals surface area contributed by atoms with Crippen molar-refractivity contribution in [1.82, 2.24) is 0 Å². The number of phenolic OH excluding ortho intramolecular Hbond substituents is 2. The molecule has 0 amide bonds. The molecule has 1 unspecified atom stereocenters. The molecule has 0 radical (unpaired) electrons. The number of ketones is 3. The maximum atomic E-state index is 15.2. The van der Waals surface area contributed by atoms with Gasteiger partial charge in [0.1, 0.15) is 16.7 Å². The Bertz CT molecular complexity index is 1510. The molecule has 4 N–H and O–H groups in total. The van der Waals surface area contributed by atoms with E-state index < -0.39 is 68.4 Å². The number of Topliss-reactive ketones (excluding diaryl/α,β-unsaturated/α-hetero) is 3. The molecule has 2 aliphatic rings. The van der Waals surface area contributed by atoms with Crippen LogP contribution in [-0.2, 0) is 14.4 Å². The highest BCUT2D eigenvalue weighted by molar-refractivity contribution is 6.41. The number of carbonyl (C=O) groups is 3. The van der Waals surface area contributed by atoms with E-state index >= 15 is 4.79 Å². The first-order valence-electron chi connectivity index (χ1n) is 15.6. The van der Waals surface area contributed by atoms with Crippen molar-refractivity contribution >= 4 is 23.1 Å². The molecule has 1 aromatic rings. The first kappa shape index (κ1) is 35.8. The van der Waals surface area contributed by atoms with Crippen LogP contribution in [0.25, 0.3) is 5.76 Å².